The van der Waals surface area contributed by atoms with E-state index in [1.54, 1.807) is 25.2 Å². The predicted octanol–water partition coefficient (Wildman–Crippen LogP) is 5.18. The van der Waals surface area contributed by atoms with Crippen molar-refractivity contribution in [1.29, 1.82) is 5.26 Å². The molecule has 0 saturated carbocycles. The largest absolute Gasteiger partial charge is 0.496 e. The van der Waals surface area contributed by atoms with E-state index in [-0.39, 0.29) is 0 Å². The lowest BCUT2D eigenvalue weighted by Gasteiger charge is -2.13. The van der Waals surface area contributed by atoms with E-state index >= 15 is 0 Å². The summed E-state index contributed by atoms with van der Waals surface area (Å²) in [7, 11) is 1.66. The van der Waals surface area contributed by atoms with E-state index in [2.05, 4.69) is 16.5 Å². The first-order valence-electron chi connectivity index (χ1n) is 8.69. The molecule has 0 amide bonds. The summed E-state index contributed by atoms with van der Waals surface area (Å²) < 4.78 is 7.38. The van der Waals surface area contributed by atoms with Gasteiger partial charge in [0, 0.05) is 10.5 Å². The molecule has 5 nitrogen and oxygen atoms in total. The van der Waals surface area contributed by atoms with Crippen molar-refractivity contribution in [2.45, 2.75) is 4.90 Å². The molecule has 3 aromatic carbocycles. The maximum atomic E-state index is 9.57. The Kier molecular flexibility index (Phi) is 4.92. The number of imidazole rings is 1. The highest BCUT2D eigenvalue weighted by Gasteiger charge is 2.11. The number of nitriles is 1. The van der Waals surface area contributed by atoms with E-state index in [0.29, 0.717) is 5.56 Å². The summed E-state index contributed by atoms with van der Waals surface area (Å²) in [5, 5.41) is 9.57. The molecule has 0 radical (unpaired) electrons. The van der Waals surface area contributed by atoms with Gasteiger partial charge in [0.25, 0.3) is 0 Å². The van der Waals surface area contributed by atoms with Crippen molar-refractivity contribution >= 4 is 28.5 Å². The van der Waals surface area contributed by atoms with Gasteiger partial charge in [-0.05, 0) is 54.3 Å². The lowest BCUT2D eigenvalue weighted by Crippen LogP contribution is -2.07. The number of fused-ring (bicyclic) bond motifs is 1. The Hall–Kier alpha value is -3.43. The summed E-state index contributed by atoms with van der Waals surface area (Å²) in [4.78, 5) is 5.46. The number of rotatable bonds is 5. The van der Waals surface area contributed by atoms with Crippen molar-refractivity contribution < 1.29 is 4.74 Å². The quantitative estimate of drug-likeness (QED) is 0.479. The van der Waals surface area contributed by atoms with Crippen LogP contribution in [0.25, 0.3) is 22.2 Å². The first-order chi connectivity index (χ1) is 13.7. The molecule has 0 saturated heterocycles. The average Bonchev–Trinajstić information content (AvgIpc) is 3.16. The summed E-state index contributed by atoms with van der Waals surface area (Å²) in [6.45, 7) is 0. The number of benzene rings is 3. The normalized spacial score (nSPS) is 10.6. The number of ether oxygens (including phenoxy) is 1. The number of anilines is 1. The smallest absolute Gasteiger partial charge is 0.133 e. The monoisotopic (exact) mass is 386 g/mol. The zero-order valence-electron chi connectivity index (χ0n) is 15.5. The Morgan fingerprint density at radius 1 is 1.11 bits per heavy atom. The van der Waals surface area contributed by atoms with Crippen LogP contribution in [0.15, 0.2) is 71.9 Å². The van der Waals surface area contributed by atoms with Gasteiger partial charge in [0.15, 0.2) is 0 Å². The number of hydrogen-bond donors (Lipinski definition) is 1. The van der Waals surface area contributed by atoms with Gasteiger partial charge in [0.1, 0.15) is 12.1 Å². The molecule has 0 spiro atoms. The predicted molar refractivity (Wildman–Crippen MR) is 114 cm³/mol. The van der Waals surface area contributed by atoms with Crippen molar-refractivity contribution in [2.75, 3.05) is 18.8 Å². The first-order valence-corrected chi connectivity index (χ1v) is 9.91. The van der Waals surface area contributed by atoms with Crippen LogP contribution in [-0.2, 0) is 0 Å². The summed E-state index contributed by atoms with van der Waals surface area (Å²) in [6.07, 6.45) is 3.76. The van der Waals surface area contributed by atoms with E-state index in [4.69, 9.17) is 4.74 Å². The summed E-state index contributed by atoms with van der Waals surface area (Å²) in [6, 6.07) is 21.9. The molecule has 0 atom stereocenters. The van der Waals surface area contributed by atoms with Crippen molar-refractivity contribution in [2.24, 2.45) is 0 Å². The first kappa shape index (κ1) is 18.0. The number of nitrogens with zero attached hydrogens (tertiary/aromatic N) is 3. The maximum Gasteiger partial charge on any atom is 0.133 e. The van der Waals surface area contributed by atoms with Crippen LogP contribution < -0.4 is 10.2 Å². The number of thioether (sulfide) groups is 1. The molecule has 1 N–H and O–H groups in total. The topological polar surface area (TPSA) is 62.9 Å². The molecule has 4 rings (SSSR count). The van der Waals surface area contributed by atoms with E-state index in [0.717, 1.165) is 38.5 Å². The fourth-order valence-electron chi connectivity index (χ4n) is 3.14. The molecule has 0 unspecified atom stereocenters. The molecule has 1 heterocycles. The summed E-state index contributed by atoms with van der Waals surface area (Å²) in [5.41, 5.74) is 8.51. The van der Waals surface area contributed by atoms with Gasteiger partial charge in [-0.3, -0.25) is 5.43 Å². The second kappa shape index (κ2) is 7.67. The van der Waals surface area contributed by atoms with E-state index < -0.39 is 0 Å². The Morgan fingerprint density at radius 3 is 2.75 bits per heavy atom. The van der Waals surface area contributed by atoms with Crippen LogP contribution >= 0.6 is 11.8 Å². The second-order valence-electron chi connectivity index (χ2n) is 6.16. The minimum absolute atomic E-state index is 0.611. The highest BCUT2D eigenvalue weighted by atomic mass is 32.2. The summed E-state index contributed by atoms with van der Waals surface area (Å²) in [5.74, 6) is 0.799. The SMILES string of the molecule is COc1cc(-c2cc(Nn3cnc4ccccc43)ccc2C#N)ccc1SC. The molecule has 1 aromatic heterocycles. The minimum Gasteiger partial charge on any atom is -0.496 e. The Labute approximate surface area is 167 Å². The lowest BCUT2D eigenvalue weighted by atomic mass is 9.99. The van der Waals surface area contributed by atoms with Gasteiger partial charge >= 0.3 is 0 Å². The average molecular weight is 386 g/mol. The van der Waals surface area contributed by atoms with Crippen molar-refractivity contribution in [1.82, 2.24) is 9.66 Å². The molecule has 4 aromatic rings. The molecule has 0 aliphatic heterocycles. The van der Waals surface area contributed by atoms with Gasteiger partial charge in [-0.25, -0.2) is 9.66 Å². The zero-order valence-corrected chi connectivity index (χ0v) is 16.3. The van der Waals surface area contributed by atoms with Crippen LogP contribution in [-0.4, -0.2) is 23.0 Å². The molecule has 138 valence electrons. The molecular weight excluding hydrogens is 368 g/mol. The van der Waals surface area contributed by atoms with Gasteiger partial charge in [0.05, 0.1) is 35.5 Å². The number of hydrogen-bond acceptors (Lipinski definition) is 5. The van der Waals surface area contributed by atoms with Gasteiger partial charge < -0.3 is 4.74 Å². The molecule has 28 heavy (non-hydrogen) atoms. The van der Waals surface area contributed by atoms with Gasteiger partial charge in [-0.2, -0.15) is 5.26 Å². The van der Waals surface area contributed by atoms with Crippen LogP contribution in [0.4, 0.5) is 5.69 Å². The molecule has 0 bridgehead atoms. The summed E-state index contributed by atoms with van der Waals surface area (Å²) >= 11 is 1.63. The van der Waals surface area contributed by atoms with Crippen molar-refractivity contribution in [3.8, 4) is 22.9 Å². The van der Waals surface area contributed by atoms with Crippen LogP contribution in [0.3, 0.4) is 0 Å². The van der Waals surface area contributed by atoms with Gasteiger partial charge in [0.2, 0.25) is 0 Å². The van der Waals surface area contributed by atoms with E-state index in [9.17, 15) is 5.26 Å². The Balaban J connectivity index is 1.75. The second-order valence-corrected chi connectivity index (χ2v) is 7.01. The number of nitrogens with one attached hydrogen (secondary N) is 1. The molecular formula is C22H18N4OS. The van der Waals surface area contributed by atoms with Crippen LogP contribution in [0.5, 0.6) is 5.75 Å². The third-order valence-electron chi connectivity index (χ3n) is 4.54. The third kappa shape index (κ3) is 3.28. The Morgan fingerprint density at radius 2 is 1.96 bits per heavy atom. The molecule has 0 fully saturated rings. The minimum atomic E-state index is 0.611. The third-order valence-corrected chi connectivity index (χ3v) is 5.31. The fraction of sp³-hybridized carbons (Fsp3) is 0.0909. The Bertz CT molecular complexity index is 1190. The highest BCUT2D eigenvalue weighted by molar-refractivity contribution is 7.98. The maximum absolute atomic E-state index is 9.57. The molecule has 0 aliphatic carbocycles. The fourth-order valence-corrected chi connectivity index (χ4v) is 3.69. The standard InChI is InChI=1S/C22H18N4OS/c1-27-21-11-15(8-10-22(21)28-2)18-12-17(9-7-16(18)13-23)25-26-14-24-19-5-3-4-6-20(19)26/h3-12,14,25H,1-2H3. The molecule has 0 aliphatic rings. The van der Waals surface area contributed by atoms with E-state index in [1.165, 1.54) is 0 Å². The van der Waals surface area contributed by atoms with Crippen LogP contribution in [0, 0.1) is 11.3 Å². The number of para-hydroxylation sites is 2. The molecule has 6 heteroatoms. The zero-order chi connectivity index (χ0) is 19.5. The van der Waals surface area contributed by atoms with Crippen LogP contribution in [0.1, 0.15) is 5.56 Å². The van der Waals surface area contributed by atoms with Gasteiger partial charge in [-0.1, -0.05) is 18.2 Å². The van der Waals surface area contributed by atoms with Gasteiger partial charge in [-0.15, -0.1) is 11.8 Å². The lowest BCUT2D eigenvalue weighted by molar-refractivity contribution is 0.405. The number of methoxy groups -OCH3 is 1. The van der Waals surface area contributed by atoms with Crippen molar-refractivity contribution in [3.05, 3.63) is 72.6 Å². The van der Waals surface area contributed by atoms with Crippen molar-refractivity contribution in [3.63, 3.8) is 0 Å². The van der Waals surface area contributed by atoms with Crippen LogP contribution in [0.2, 0.25) is 0 Å². The highest BCUT2D eigenvalue weighted by Crippen LogP contribution is 2.34. The number of aromatic nitrogens is 2. The van der Waals surface area contributed by atoms with E-state index in [1.807, 2.05) is 71.6 Å².